The van der Waals surface area contributed by atoms with Crippen LogP contribution in [-0.4, -0.2) is 33.3 Å². The summed E-state index contributed by atoms with van der Waals surface area (Å²) in [5, 5.41) is 13.2. The first kappa shape index (κ1) is 27.5. The Balaban J connectivity index is 2.10. The second-order valence-electron chi connectivity index (χ2n) is 8.57. The van der Waals surface area contributed by atoms with Crippen LogP contribution in [0.2, 0.25) is 0 Å². The number of hydrogen-bond acceptors (Lipinski definition) is 7. The van der Waals surface area contributed by atoms with E-state index in [1.807, 2.05) is 24.3 Å². The molecule has 1 saturated heterocycles. The van der Waals surface area contributed by atoms with Crippen molar-refractivity contribution in [3.8, 4) is 11.8 Å². The van der Waals surface area contributed by atoms with E-state index in [1.165, 1.54) is 11.8 Å². The van der Waals surface area contributed by atoms with Gasteiger partial charge in [-0.2, -0.15) is 5.26 Å². The summed E-state index contributed by atoms with van der Waals surface area (Å²) in [5.74, 6) is 1.22. The normalized spacial score (nSPS) is 14.4. The van der Waals surface area contributed by atoms with Crippen molar-refractivity contribution in [3.05, 3.63) is 61.8 Å². The smallest absolute Gasteiger partial charge is 0.270 e. The number of thiocarbonyl (C=S) groups is 1. The van der Waals surface area contributed by atoms with E-state index in [0.29, 0.717) is 45.8 Å². The standard InChI is InChI=1S/C27H32N4O3S2/c1-5-7-13-30-24(29-17-19-9-11-20(34-4)12-10-19)21(18(3)22(16-28)25(30)32)15-23-26(33)31(14-8-6-2)27(35)36-23/h9-12,15,29H,5-8,13-14,17H2,1-4H3/b23-15+. The zero-order valence-electron chi connectivity index (χ0n) is 21.2. The highest BCUT2D eigenvalue weighted by molar-refractivity contribution is 8.26. The zero-order valence-corrected chi connectivity index (χ0v) is 22.9. The lowest BCUT2D eigenvalue weighted by Crippen LogP contribution is -2.29. The molecule has 0 aliphatic carbocycles. The molecule has 1 aliphatic rings. The van der Waals surface area contributed by atoms with Crippen LogP contribution in [0.4, 0.5) is 5.82 Å². The van der Waals surface area contributed by atoms with Crippen LogP contribution in [0.1, 0.15) is 61.8 Å². The Kier molecular flexibility index (Phi) is 9.73. The molecular formula is C27H32N4O3S2. The Morgan fingerprint density at radius 2 is 1.81 bits per heavy atom. The maximum atomic E-state index is 13.3. The molecule has 1 aromatic heterocycles. The Hall–Kier alpha value is -3.09. The quantitative estimate of drug-likeness (QED) is 0.309. The van der Waals surface area contributed by atoms with Crippen molar-refractivity contribution in [2.45, 2.75) is 59.5 Å². The molecule has 0 spiro atoms. The molecule has 1 fully saturated rings. The van der Waals surface area contributed by atoms with Crippen molar-refractivity contribution in [3.63, 3.8) is 0 Å². The molecular weight excluding hydrogens is 492 g/mol. The van der Waals surface area contributed by atoms with Crippen molar-refractivity contribution >= 4 is 46.1 Å². The number of nitriles is 1. The minimum atomic E-state index is -0.326. The third kappa shape index (κ3) is 6.00. The number of methoxy groups -OCH3 is 1. The highest BCUT2D eigenvalue weighted by Crippen LogP contribution is 2.35. The second kappa shape index (κ2) is 12.7. The summed E-state index contributed by atoms with van der Waals surface area (Å²) in [6, 6.07) is 9.76. The number of ether oxygens (including phenoxy) is 1. The number of nitrogens with one attached hydrogen (secondary N) is 1. The summed E-state index contributed by atoms with van der Waals surface area (Å²) in [7, 11) is 1.62. The fourth-order valence-electron chi connectivity index (χ4n) is 3.95. The number of unbranched alkanes of at least 4 members (excludes halogenated alkanes) is 2. The number of pyridine rings is 1. The van der Waals surface area contributed by atoms with Crippen molar-refractivity contribution in [1.82, 2.24) is 9.47 Å². The maximum absolute atomic E-state index is 13.3. The molecule has 0 atom stereocenters. The van der Waals surface area contributed by atoms with Crippen molar-refractivity contribution in [1.29, 1.82) is 5.26 Å². The van der Waals surface area contributed by atoms with E-state index in [1.54, 1.807) is 29.6 Å². The summed E-state index contributed by atoms with van der Waals surface area (Å²) in [4.78, 5) is 28.6. The van der Waals surface area contributed by atoms with Gasteiger partial charge in [0.2, 0.25) is 0 Å². The molecule has 0 radical (unpaired) electrons. The number of rotatable bonds is 11. The molecule has 0 unspecified atom stereocenters. The van der Waals surface area contributed by atoms with Crippen LogP contribution in [0, 0.1) is 18.3 Å². The van der Waals surface area contributed by atoms with E-state index >= 15 is 0 Å². The lowest BCUT2D eigenvalue weighted by molar-refractivity contribution is -0.122. The molecule has 0 saturated carbocycles. The molecule has 2 aromatic rings. The van der Waals surface area contributed by atoms with Crippen LogP contribution in [0.15, 0.2) is 34.0 Å². The molecule has 0 bridgehead atoms. The van der Waals surface area contributed by atoms with Crippen LogP contribution < -0.4 is 15.6 Å². The van der Waals surface area contributed by atoms with Gasteiger partial charge in [-0.25, -0.2) is 0 Å². The van der Waals surface area contributed by atoms with E-state index in [-0.39, 0.29) is 17.0 Å². The molecule has 1 aromatic carbocycles. The van der Waals surface area contributed by atoms with Gasteiger partial charge in [-0.05, 0) is 49.1 Å². The largest absolute Gasteiger partial charge is 0.497 e. The Bertz CT molecular complexity index is 1260. The molecule has 36 heavy (non-hydrogen) atoms. The summed E-state index contributed by atoms with van der Waals surface area (Å²) < 4.78 is 7.40. The highest BCUT2D eigenvalue weighted by Gasteiger charge is 2.32. The van der Waals surface area contributed by atoms with E-state index in [4.69, 9.17) is 17.0 Å². The summed E-state index contributed by atoms with van der Waals surface area (Å²) >= 11 is 6.73. The Morgan fingerprint density at radius 3 is 2.42 bits per heavy atom. The lowest BCUT2D eigenvalue weighted by atomic mass is 10.0. The number of carbonyl (C=O) groups is 1. The van der Waals surface area contributed by atoms with Crippen LogP contribution in [0.5, 0.6) is 5.75 Å². The summed E-state index contributed by atoms with van der Waals surface area (Å²) in [6.45, 7) is 7.39. The van der Waals surface area contributed by atoms with Crippen molar-refractivity contribution in [2.24, 2.45) is 0 Å². The zero-order chi connectivity index (χ0) is 26.2. The van der Waals surface area contributed by atoms with Gasteiger partial charge in [0.15, 0.2) is 0 Å². The van der Waals surface area contributed by atoms with Gasteiger partial charge in [0, 0.05) is 25.2 Å². The lowest BCUT2D eigenvalue weighted by Gasteiger charge is -2.20. The number of aromatic nitrogens is 1. The number of carbonyl (C=O) groups excluding carboxylic acids is 1. The van der Waals surface area contributed by atoms with Gasteiger partial charge in [-0.3, -0.25) is 19.1 Å². The number of nitrogens with zero attached hydrogens (tertiary/aromatic N) is 3. The Morgan fingerprint density at radius 1 is 1.14 bits per heavy atom. The van der Waals surface area contributed by atoms with Gasteiger partial charge in [-0.1, -0.05) is 62.8 Å². The number of amides is 1. The van der Waals surface area contributed by atoms with Gasteiger partial charge in [0.05, 0.1) is 12.0 Å². The molecule has 2 heterocycles. The van der Waals surface area contributed by atoms with E-state index < -0.39 is 0 Å². The monoisotopic (exact) mass is 524 g/mol. The average Bonchev–Trinajstić information content (AvgIpc) is 3.15. The topological polar surface area (TPSA) is 87.4 Å². The van der Waals surface area contributed by atoms with Gasteiger partial charge in [-0.15, -0.1) is 0 Å². The second-order valence-corrected chi connectivity index (χ2v) is 10.2. The first-order valence-electron chi connectivity index (χ1n) is 12.2. The third-order valence-corrected chi connectivity index (χ3v) is 7.49. The fraction of sp³-hybridized carbons (Fsp3) is 0.407. The van der Waals surface area contributed by atoms with Gasteiger partial charge in [0.1, 0.15) is 27.5 Å². The van der Waals surface area contributed by atoms with Gasteiger partial charge < -0.3 is 10.1 Å². The van der Waals surface area contributed by atoms with Crippen LogP contribution in [0.25, 0.3) is 6.08 Å². The first-order chi connectivity index (χ1) is 17.4. The summed E-state index contributed by atoms with van der Waals surface area (Å²) in [6.07, 6.45) is 5.28. The SMILES string of the molecule is CCCCN1C(=O)/C(=C\c2c(C)c(C#N)c(=O)n(CCCC)c2NCc2ccc(OC)cc2)SC1=S. The number of hydrogen-bond donors (Lipinski definition) is 1. The summed E-state index contributed by atoms with van der Waals surface area (Å²) in [5.41, 5.74) is 1.98. The van der Waals surface area contributed by atoms with Crippen LogP contribution >= 0.6 is 24.0 Å². The van der Waals surface area contributed by atoms with Gasteiger partial charge in [0.25, 0.3) is 11.5 Å². The molecule has 1 amide bonds. The molecule has 3 rings (SSSR count). The predicted octanol–water partition coefficient (Wildman–Crippen LogP) is 5.45. The number of thioether (sulfide) groups is 1. The first-order valence-corrected chi connectivity index (χ1v) is 13.4. The fourth-order valence-corrected chi connectivity index (χ4v) is 5.24. The van der Waals surface area contributed by atoms with E-state index in [0.717, 1.165) is 37.0 Å². The minimum Gasteiger partial charge on any atom is -0.497 e. The Labute approximate surface area is 222 Å². The average molecular weight is 525 g/mol. The van der Waals surface area contributed by atoms with Crippen molar-refractivity contribution in [2.75, 3.05) is 19.0 Å². The molecule has 7 nitrogen and oxygen atoms in total. The number of anilines is 1. The van der Waals surface area contributed by atoms with Crippen molar-refractivity contribution < 1.29 is 9.53 Å². The minimum absolute atomic E-state index is 0.0915. The highest BCUT2D eigenvalue weighted by atomic mass is 32.2. The van der Waals surface area contributed by atoms with E-state index in [9.17, 15) is 14.9 Å². The molecule has 190 valence electrons. The number of benzene rings is 1. The molecule has 9 heteroatoms. The molecule has 1 N–H and O–H groups in total. The third-order valence-electron chi connectivity index (χ3n) is 6.11. The predicted molar refractivity (Wildman–Crippen MR) is 150 cm³/mol. The van der Waals surface area contributed by atoms with Gasteiger partial charge >= 0.3 is 0 Å². The maximum Gasteiger partial charge on any atom is 0.270 e. The van der Waals surface area contributed by atoms with Crippen LogP contribution in [-0.2, 0) is 17.9 Å². The van der Waals surface area contributed by atoms with Crippen LogP contribution in [0.3, 0.4) is 0 Å². The molecule has 1 aliphatic heterocycles. The van der Waals surface area contributed by atoms with E-state index in [2.05, 4.69) is 25.2 Å².